The Labute approximate surface area is 190 Å². The van der Waals surface area contributed by atoms with E-state index in [0.29, 0.717) is 18.2 Å². The van der Waals surface area contributed by atoms with Crippen molar-refractivity contribution in [1.82, 2.24) is 13.6 Å². The zero-order valence-electron chi connectivity index (χ0n) is 18.1. The molecule has 3 rings (SSSR count). The van der Waals surface area contributed by atoms with E-state index in [1.165, 1.54) is 14.1 Å². The van der Waals surface area contributed by atoms with E-state index >= 15 is 0 Å². The van der Waals surface area contributed by atoms with Crippen molar-refractivity contribution in [2.45, 2.75) is 32.5 Å². The molecule has 3 aromatic rings. The number of amides is 1. The summed E-state index contributed by atoms with van der Waals surface area (Å²) in [7, 11) is 2.53. The molecule has 0 radical (unpaired) electrons. The largest absolute Gasteiger partial charge is 0.546 e. The lowest BCUT2D eigenvalue weighted by atomic mass is 10.0. The van der Waals surface area contributed by atoms with Crippen LogP contribution in [0.5, 0.6) is 5.75 Å². The number of phenols is 1. The predicted octanol–water partition coefficient (Wildman–Crippen LogP) is 4.84. The maximum Gasteiger partial charge on any atom is 0.417 e. The third-order valence-corrected chi connectivity index (χ3v) is 5.41. The third-order valence-electron chi connectivity index (χ3n) is 4.73. The predicted molar refractivity (Wildman–Crippen MR) is 115 cm³/mol. The van der Waals surface area contributed by atoms with Crippen molar-refractivity contribution in [3.63, 3.8) is 0 Å². The van der Waals surface area contributed by atoms with Crippen LogP contribution in [-0.2, 0) is 6.18 Å². The van der Waals surface area contributed by atoms with Gasteiger partial charge >= 0.3 is 6.18 Å². The molecule has 0 spiro atoms. The van der Waals surface area contributed by atoms with E-state index in [1.807, 2.05) is 19.9 Å². The van der Waals surface area contributed by atoms with Crippen LogP contribution in [0.1, 0.15) is 46.6 Å². The number of halogens is 3. The highest BCUT2D eigenvalue weighted by molar-refractivity contribution is 7.14. The summed E-state index contributed by atoms with van der Waals surface area (Å²) >= 11 is -1.99. The summed E-state index contributed by atoms with van der Waals surface area (Å²) in [5.41, 5.74) is -1.53. The monoisotopic (exact) mass is 485 g/mol. The van der Waals surface area contributed by atoms with Gasteiger partial charge in [-0.05, 0) is 37.1 Å². The number of carbonyl (C=O) groups is 1. The van der Waals surface area contributed by atoms with E-state index in [-0.39, 0.29) is 23.4 Å². The minimum absolute atomic E-state index is 0.0639. The third kappa shape index (κ3) is 5.20. The smallest absolute Gasteiger partial charge is 0.417 e. The normalized spacial score (nSPS) is 13.0. The van der Waals surface area contributed by atoms with Gasteiger partial charge in [-0.1, -0.05) is 6.92 Å². The highest BCUT2D eigenvalue weighted by atomic mass is 32.2. The summed E-state index contributed by atoms with van der Waals surface area (Å²) in [5.74, 6) is -1.36. The summed E-state index contributed by atoms with van der Waals surface area (Å²) in [4.78, 5) is 13.3. The Hall–Kier alpha value is -3.32. The lowest BCUT2D eigenvalue weighted by Crippen LogP contribution is -2.25. The van der Waals surface area contributed by atoms with Crippen LogP contribution in [0.2, 0.25) is 0 Å². The van der Waals surface area contributed by atoms with E-state index < -0.39 is 40.1 Å². The molecule has 2 heterocycles. The summed E-state index contributed by atoms with van der Waals surface area (Å²) in [6, 6.07) is 3.10. The zero-order chi connectivity index (χ0) is 24.5. The van der Waals surface area contributed by atoms with Crippen LogP contribution in [0, 0.1) is 6.92 Å². The first-order chi connectivity index (χ1) is 15.4. The molecule has 1 unspecified atom stereocenters. The number of nitrogens with one attached hydrogen (secondary N) is 2. The van der Waals surface area contributed by atoms with Gasteiger partial charge in [-0.3, -0.25) is 4.79 Å². The number of benzene rings is 1. The van der Waals surface area contributed by atoms with E-state index in [2.05, 4.69) is 19.4 Å². The number of hydrogen-bond donors (Lipinski definition) is 3. The Morgan fingerprint density at radius 3 is 2.52 bits per heavy atom. The van der Waals surface area contributed by atoms with E-state index in [4.69, 9.17) is 4.42 Å². The van der Waals surface area contributed by atoms with Gasteiger partial charge in [-0.15, -0.1) is 0 Å². The van der Waals surface area contributed by atoms with Crippen LogP contribution in [0.3, 0.4) is 0 Å². The Morgan fingerprint density at radius 1 is 1.30 bits per heavy atom. The number of aromatic nitrogens is 2. The van der Waals surface area contributed by atoms with Crippen molar-refractivity contribution in [2.75, 3.05) is 24.7 Å². The molecule has 0 aliphatic heterocycles. The number of aryl methyl sites for hydroxylation is 1. The second kappa shape index (κ2) is 9.27. The van der Waals surface area contributed by atoms with Crippen molar-refractivity contribution >= 4 is 34.4 Å². The van der Waals surface area contributed by atoms with Gasteiger partial charge in [0.2, 0.25) is 11.6 Å². The minimum Gasteiger partial charge on any atom is -0.546 e. The number of anilines is 3. The average Bonchev–Trinajstić information content (AvgIpc) is 3.30. The number of rotatable bonds is 7. The molecule has 33 heavy (non-hydrogen) atoms. The molecule has 1 aromatic carbocycles. The molecule has 0 bridgehead atoms. The molecular formula is C20H22F3N5O4S. The van der Waals surface area contributed by atoms with Crippen molar-refractivity contribution < 1.29 is 32.0 Å². The van der Waals surface area contributed by atoms with Gasteiger partial charge in [-0.2, -0.15) is 13.2 Å². The van der Waals surface area contributed by atoms with Gasteiger partial charge in [0.15, 0.2) is 16.9 Å². The quantitative estimate of drug-likeness (QED) is 0.321. The molecule has 0 saturated carbocycles. The van der Waals surface area contributed by atoms with Crippen LogP contribution < -0.4 is 10.6 Å². The first-order valence-corrected chi connectivity index (χ1v) is 10.8. The molecular weight excluding hydrogens is 463 g/mol. The highest BCUT2D eigenvalue weighted by Crippen LogP contribution is 2.41. The zero-order valence-corrected chi connectivity index (χ0v) is 19.0. The minimum atomic E-state index is -4.87. The van der Waals surface area contributed by atoms with Crippen molar-refractivity contribution in [3.8, 4) is 5.75 Å². The molecule has 2 aromatic heterocycles. The van der Waals surface area contributed by atoms with Gasteiger partial charge in [0.1, 0.15) is 5.76 Å². The maximum absolute atomic E-state index is 13.4. The van der Waals surface area contributed by atoms with E-state index in [0.717, 1.165) is 16.5 Å². The van der Waals surface area contributed by atoms with E-state index in [1.54, 1.807) is 6.26 Å². The Kier molecular flexibility index (Phi) is 6.84. The number of furan rings is 1. The van der Waals surface area contributed by atoms with Gasteiger partial charge in [-0.25, -0.2) is 0 Å². The fourth-order valence-electron chi connectivity index (χ4n) is 3.11. The van der Waals surface area contributed by atoms with Crippen LogP contribution in [0.15, 0.2) is 28.9 Å². The van der Waals surface area contributed by atoms with Crippen molar-refractivity contribution in [2.24, 2.45) is 0 Å². The Bertz CT molecular complexity index is 1160. The first kappa shape index (κ1) is 24.3. The molecule has 0 aliphatic rings. The summed E-state index contributed by atoms with van der Waals surface area (Å²) in [5, 5.41) is 16.2. The lowest BCUT2D eigenvalue weighted by molar-refractivity contribution is -0.138. The van der Waals surface area contributed by atoms with Crippen LogP contribution in [-0.4, -0.2) is 43.3 Å². The average molecular weight is 485 g/mol. The number of carbonyl (C=O) groups excluding carboxylic acids is 1. The molecule has 13 heteroatoms. The molecule has 178 valence electrons. The van der Waals surface area contributed by atoms with E-state index in [9.17, 15) is 27.6 Å². The fourth-order valence-corrected chi connectivity index (χ4v) is 3.74. The van der Waals surface area contributed by atoms with Crippen LogP contribution >= 0.6 is 11.1 Å². The summed E-state index contributed by atoms with van der Waals surface area (Å²) in [6.07, 6.45) is -2.73. The summed E-state index contributed by atoms with van der Waals surface area (Å²) in [6.45, 7) is 3.74. The molecule has 0 aliphatic carbocycles. The molecule has 3 N–H and O–H groups in total. The molecule has 1 amide bonds. The van der Waals surface area contributed by atoms with Crippen molar-refractivity contribution in [3.05, 3.63) is 46.9 Å². The number of phenolic OH excluding ortho intramolecular Hbond substituents is 1. The topological polar surface area (TPSA) is 127 Å². The van der Waals surface area contributed by atoms with Gasteiger partial charge in [0.25, 0.3) is 5.91 Å². The first-order valence-electron chi connectivity index (χ1n) is 9.75. The van der Waals surface area contributed by atoms with Gasteiger partial charge < -0.3 is 29.6 Å². The maximum atomic E-state index is 13.4. The number of hydrogen-bond acceptors (Lipinski definition) is 8. The molecule has 9 nitrogen and oxygen atoms in total. The number of nitrogens with zero attached hydrogens (tertiary/aromatic N) is 3. The van der Waals surface area contributed by atoms with Crippen LogP contribution in [0.4, 0.5) is 30.5 Å². The Morgan fingerprint density at radius 2 is 1.97 bits per heavy atom. The number of aromatic hydroxyl groups is 1. The second-order valence-corrected chi connectivity index (χ2v) is 8.28. The van der Waals surface area contributed by atoms with Gasteiger partial charge in [0, 0.05) is 22.8 Å². The Balaban J connectivity index is 1.99. The van der Waals surface area contributed by atoms with Gasteiger partial charge in [0.05, 0.1) is 29.1 Å². The van der Waals surface area contributed by atoms with Crippen molar-refractivity contribution in [1.29, 1.82) is 0 Å². The second-order valence-electron chi connectivity index (χ2n) is 7.45. The standard InChI is InChI=1S/C20H22F3N5O4S/c1-5-12(14-8-10(2)9-32-14)24-17-18(27-33(31)26-17)25-13-7-6-11(20(21,22)23)15(16(13)29)19(30)28(3)4/h6-9,12,29H,5H2,1-4H3,(H,24,26)(H,25,27)/t12-,33?/m1/s1. The molecule has 0 fully saturated rings. The highest BCUT2D eigenvalue weighted by Gasteiger charge is 2.38. The molecule has 2 atom stereocenters. The molecule has 0 saturated heterocycles. The fraction of sp³-hybridized carbons (Fsp3) is 0.350. The number of alkyl halides is 3. The SMILES string of the molecule is CC[C@@H](Nc1n[s+]([O-])nc1Nc1ccc(C(F)(F)F)c(C(=O)N(C)C)c1O)c1cc(C)co1. The summed E-state index contributed by atoms with van der Waals surface area (Å²) < 4.78 is 65.5. The lowest BCUT2D eigenvalue weighted by Gasteiger charge is -2.19. The van der Waals surface area contributed by atoms with Crippen LogP contribution in [0.25, 0.3) is 0 Å².